The van der Waals surface area contributed by atoms with Gasteiger partial charge < -0.3 is 34.6 Å². The van der Waals surface area contributed by atoms with Crippen LogP contribution in [-0.4, -0.2) is 75.9 Å². The van der Waals surface area contributed by atoms with Gasteiger partial charge in [-0.3, -0.25) is 4.79 Å². The molecular formula is C18H32O8. The third-order valence-electron chi connectivity index (χ3n) is 5.08. The first-order valence-corrected chi connectivity index (χ1v) is 9.61. The number of carbonyl (C=O) groups is 1. The van der Waals surface area contributed by atoms with E-state index in [4.69, 9.17) is 14.2 Å². The SMILES string of the molecule is CCCCCC(CCC1CCC(=O)O1)OC1OC(CO)C(O)C(O)C1O. The molecule has 0 bridgehead atoms. The van der Waals surface area contributed by atoms with Crippen LogP contribution < -0.4 is 0 Å². The van der Waals surface area contributed by atoms with E-state index in [2.05, 4.69) is 6.92 Å². The summed E-state index contributed by atoms with van der Waals surface area (Å²) >= 11 is 0. The fourth-order valence-corrected chi connectivity index (χ4v) is 3.43. The molecule has 2 rings (SSSR count). The van der Waals surface area contributed by atoms with Gasteiger partial charge in [0.05, 0.1) is 12.7 Å². The van der Waals surface area contributed by atoms with E-state index in [-0.39, 0.29) is 18.2 Å². The quantitative estimate of drug-likeness (QED) is 0.316. The number of aliphatic hydroxyl groups is 4. The molecule has 8 nitrogen and oxygen atoms in total. The smallest absolute Gasteiger partial charge is 0.306 e. The average Bonchev–Trinajstić information content (AvgIpc) is 3.05. The molecule has 2 aliphatic heterocycles. The van der Waals surface area contributed by atoms with E-state index < -0.39 is 37.3 Å². The molecule has 0 aromatic heterocycles. The minimum Gasteiger partial charge on any atom is -0.462 e. The molecule has 2 fully saturated rings. The molecular weight excluding hydrogens is 344 g/mol. The molecule has 26 heavy (non-hydrogen) atoms. The summed E-state index contributed by atoms with van der Waals surface area (Å²) in [6, 6.07) is 0. The Balaban J connectivity index is 1.91. The van der Waals surface area contributed by atoms with Crippen molar-refractivity contribution in [1.82, 2.24) is 0 Å². The predicted molar refractivity (Wildman–Crippen MR) is 91.1 cm³/mol. The van der Waals surface area contributed by atoms with Gasteiger partial charge in [-0.25, -0.2) is 0 Å². The van der Waals surface area contributed by atoms with Crippen molar-refractivity contribution < 1.29 is 39.4 Å². The highest BCUT2D eigenvalue weighted by Crippen LogP contribution is 2.27. The fraction of sp³-hybridized carbons (Fsp3) is 0.944. The lowest BCUT2D eigenvalue weighted by molar-refractivity contribution is -0.312. The van der Waals surface area contributed by atoms with Crippen molar-refractivity contribution in [3.05, 3.63) is 0 Å². The van der Waals surface area contributed by atoms with Crippen molar-refractivity contribution >= 4 is 5.97 Å². The lowest BCUT2D eigenvalue weighted by Crippen LogP contribution is -2.59. The Bertz CT molecular complexity index is 429. The number of unbranched alkanes of at least 4 members (excludes halogenated alkanes) is 2. The molecule has 4 N–H and O–H groups in total. The minimum atomic E-state index is -1.45. The summed E-state index contributed by atoms with van der Waals surface area (Å²) in [5.74, 6) is -0.174. The third-order valence-corrected chi connectivity index (χ3v) is 5.08. The molecule has 0 amide bonds. The third kappa shape index (κ3) is 5.87. The van der Waals surface area contributed by atoms with Crippen LogP contribution in [0.2, 0.25) is 0 Å². The Kier molecular flexibility index (Phi) is 8.72. The Hall–Kier alpha value is -0.770. The van der Waals surface area contributed by atoms with Gasteiger partial charge in [0.25, 0.3) is 0 Å². The molecule has 152 valence electrons. The second kappa shape index (κ2) is 10.5. The Morgan fingerprint density at radius 1 is 1.15 bits per heavy atom. The van der Waals surface area contributed by atoms with Crippen LogP contribution in [0.3, 0.4) is 0 Å². The Morgan fingerprint density at radius 2 is 1.92 bits per heavy atom. The highest BCUT2D eigenvalue weighted by Gasteiger charge is 2.44. The molecule has 2 heterocycles. The van der Waals surface area contributed by atoms with E-state index in [0.717, 1.165) is 25.7 Å². The number of hydrogen-bond acceptors (Lipinski definition) is 8. The van der Waals surface area contributed by atoms with Gasteiger partial charge in [-0.2, -0.15) is 0 Å². The maximum absolute atomic E-state index is 11.2. The van der Waals surface area contributed by atoms with Crippen molar-refractivity contribution in [3.8, 4) is 0 Å². The molecule has 0 spiro atoms. The molecule has 7 unspecified atom stereocenters. The number of aliphatic hydroxyl groups excluding tert-OH is 4. The van der Waals surface area contributed by atoms with Crippen LogP contribution in [0.25, 0.3) is 0 Å². The van der Waals surface area contributed by atoms with Gasteiger partial charge in [0, 0.05) is 6.42 Å². The number of esters is 1. The Morgan fingerprint density at radius 3 is 2.54 bits per heavy atom. The lowest BCUT2D eigenvalue weighted by atomic mass is 9.98. The fourth-order valence-electron chi connectivity index (χ4n) is 3.43. The highest BCUT2D eigenvalue weighted by atomic mass is 16.7. The zero-order valence-electron chi connectivity index (χ0n) is 15.3. The first-order valence-electron chi connectivity index (χ1n) is 9.61. The van der Waals surface area contributed by atoms with Gasteiger partial charge in [0.2, 0.25) is 0 Å². The van der Waals surface area contributed by atoms with Crippen molar-refractivity contribution in [2.45, 2.75) is 101 Å². The van der Waals surface area contributed by atoms with Crippen molar-refractivity contribution in [3.63, 3.8) is 0 Å². The number of carbonyl (C=O) groups excluding carboxylic acids is 1. The van der Waals surface area contributed by atoms with Crippen LogP contribution >= 0.6 is 0 Å². The van der Waals surface area contributed by atoms with E-state index in [9.17, 15) is 25.2 Å². The monoisotopic (exact) mass is 376 g/mol. The lowest BCUT2D eigenvalue weighted by Gasteiger charge is -2.41. The van der Waals surface area contributed by atoms with E-state index in [1.54, 1.807) is 0 Å². The molecule has 0 radical (unpaired) electrons. The molecule has 2 saturated heterocycles. The zero-order valence-corrected chi connectivity index (χ0v) is 15.3. The van der Waals surface area contributed by atoms with Crippen LogP contribution in [-0.2, 0) is 19.0 Å². The van der Waals surface area contributed by atoms with Crippen molar-refractivity contribution in [2.75, 3.05) is 6.61 Å². The van der Waals surface area contributed by atoms with E-state index >= 15 is 0 Å². The molecule has 2 aliphatic rings. The average molecular weight is 376 g/mol. The van der Waals surface area contributed by atoms with Gasteiger partial charge in [0.15, 0.2) is 6.29 Å². The first-order chi connectivity index (χ1) is 12.5. The molecule has 8 heteroatoms. The van der Waals surface area contributed by atoms with Gasteiger partial charge in [0.1, 0.15) is 30.5 Å². The van der Waals surface area contributed by atoms with Gasteiger partial charge in [-0.15, -0.1) is 0 Å². The van der Waals surface area contributed by atoms with E-state index in [1.165, 1.54) is 0 Å². The van der Waals surface area contributed by atoms with E-state index in [1.807, 2.05) is 0 Å². The number of ether oxygens (including phenoxy) is 3. The molecule has 0 aliphatic carbocycles. The topological polar surface area (TPSA) is 126 Å². The van der Waals surface area contributed by atoms with E-state index in [0.29, 0.717) is 25.7 Å². The van der Waals surface area contributed by atoms with Gasteiger partial charge in [-0.1, -0.05) is 26.2 Å². The van der Waals surface area contributed by atoms with Crippen LogP contribution in [0, 0.1) is 0 Å². The second-order valence-corrected chi connectivity index (χ2v) is 7.18. The molecule has 0 aromatic carbocycles. The molecule has 0 aromatic rings. The zero-order chi connectivity index (χ0) is 19.1. The van der Waals surface area contributed by atoms with Crippen LogP contribution in [0.1, 0.15) is 58.3 Å². The standard InChI is InChI=1S/C18H32O8/c1-2-3-4-5-11(6-7-12-8-9-14(20)24-12)25-18-17(23)16(22)15(21)13(10-19)26-18/h11-13,15-19,21-23H,2-10H2,1H3. The maximum atomic E-state index is 11.2. The van der Waals surface area contributed by atoms with Crippen LogP contribution in [0.5, 0.6) is 0 Å². The summed E-state index contributed by atoms with van der Waals surface area (Å²) in [5.41, 5.74) is 0. The summed E-state index contributed by atoms with van der Waals surface area (Å²) in [4.78, 5) is 11.2. The first kappa shape index (κ1) is 21.5. The number of cyclic esters (lactones) is 1. The summed E-state index contributed by atoms with van der Waals surface area (Å²) in [6.07, 6.45) is -0.414. The number of rotatable bonds is 10. The van der Waals surface area contributed by atoms with Gasteiger partial charge in [-0.05, 0) is 25.7 Å². The summed E-state index contributed by atoms with van der Waals surface area (Å²) in [7, 11) is 0. The Labute approximate surface area is 154 Å². The van der Waals surface area contributed by atoms with Crippen LogP contribution in [0.15, 0.2) is 0 Å². The van der Waals surface area contributed by atoms with Crippen molar-refractivity contribution in [1.29, 1.82) is 0 Å². The number of hydrogen-bond donors (Lipinski definition) is 4. The predicted octanol–water partition coefficient (Wildman–Crippen LogP) is 0.238. The highest BCUT2D eigenvalue weighted by molar-refractivity contribution is 5.71. The molecule has 7 atom stereocenters. The normalized spacial score (nSPS) is 36.1. The minimum absolute atomic E-state index is 0.102. The largest absolute Gasteiger partial charge is 0.462 e. The van der Waals surface area contributed by atoms with Gasteiger partial charge >= 0.3 is 5.97 Å². The van der Waals surface area contributed by atoms with Crippen LogP contribution in [0.4, 0.5) is 0 Å². The second-order valence-electron chi connectivity index (χ2n) is 7.18. The summed E-state index contributed by atoms with van der Waals surface area (Å²) in [6.45, 7) is 1.62. The summed E-state index contributed by atoms with van der Waals surface area (Å²) in [5, 5.41) is 39.2. The maximum Gasteiger partial charge on any atom is 0.306 e. The molecule has 0 saturated carbocycles. The summed E-state index contributed by atoms with van der Waals surface area (Å²) < 4.78 is 16.6. The van der Waals surface area contributed by atoms with Crippen molar-refractivity contribution in [2.24, 2.45) is 0 Å².